The highest BCUT2D eigenvalue weighted by Crippen LogP contribution is 2.27. The molecule has 2 aromatic heterocycles. The van der Waals surface area contributed by atoms with Gasteiger partial charge in [-0.1, -0.05) is 6.07 Å². The van der Waals surface area contributed by atoms with E-state index in [0.29, 0.717) is 24.6 Å². The summed E-state index contributed by atoms with van der Waals surface area (Å²) in [6.07, 6.45) is 0. The van der Waals surface area contributed by atoms with E-state index < -0.39 is 0 Å². The fraction of sp³-hybridized carbons (Fsp3) is 0.125. The molecule has 3 rings (SSSR count). The molecule has 4 nitrogen and oxygen atoms in total. The summed E-state index contributed by atoms with van der Waals surface area (Å²) in [6.45, 7) is 0.654. The van der Waals surface area contributed by atoms with Gasteiger partial charge in [0.15, 0.2) is 0 Å². The van der Waals surface area contributed by atoms with Crippen LogP contribution in [0.1, 0.15) is 10.5 Å². The number of amides is 1. The standard InChI is InChI=1S/C16H13FN2O2S2/c17-11-3-5-12(6-4-11)21-8-7-18-15(20)13-10-23-16(19-13)14-2-1-9-22-14/h1-6,9-10H,7-8H2,(H,18,20). The van der Waals surface area contributed by atoms with Crippen LogP contribution >= 0.6 is 22.7 Å². The molecule has 0 saturated carbocycles. The van der Waals surface area contributed by atoms with E-state index in [1.54, 1.807) is 28.8 Å². The molecule has 1 aromatic carbocycles. The van der Waals surface area contributed by atoms with Crippen molar-refractivity contribution in [2.75, 3.05) is 13.2 Å². The molecule has 0 radical (unpaired) electrons. The number of thiophene rings is 1. The van der Waals surface area contributed by atoms with E-state index >= 15 is 0 Å². The summed E-state index contributed by atoms with van der Waals surface area (Å²) in [6, 6.07) is 9.68. The molecule has 0 spiro atoms. The maximum Gasteiger partial charge on any atom is 0.270 e. The Balaban J connectivity index is 1.47. The first-order valence-electron chi connectivity index (χ1n) is 6.88. The summed E-state index contributed by atoms with van der Waals surface area (Å²) in [5, 5.41) is 7.31. The second kappa shape index (κ2) is 7.34. The van der Waals surface area contributed by atoms with Gasteiger partial charge in [0, 0.05) is 5.38 Å². The molecule has 1 amide bonds. The predicted molar refractivity (Wildman–Crippen MR) is 89.7 cm³/mol. The van der Waals surface area contributed by atoms with E-state index in [4.69, 9.17) is 4.74 Å². The zero-order valence-corrected chi connectivity index (χ0v) is 13.6. The maximum absolute atomic E-state index is 12.8. The van der Waals surface area contributed by atoms with Gasteiger partial charge in [-0.3, -0.25) is 4.79 Å². The number of nitrogens with zero attached hydrogens (tertiary/aromatic N) is 1. The van der Waals surface area contributed by atoms with Gasteiger partial charge >= 0.3 is 0 Å². The van der Waals surface area contributed by atoms with Crippen molar-refractivity contribution in [2.45, 2.75) is 0 Å². The van der Waals surface area contributed by atoms with Gasteiger partial charge in [-0.15, -0.1) is 22.7 Å². The van der Waals surface area contributed by atoms with Gasteiger partial charge in [0.05, 0.1) is 11.4 Å². The highest BCUT2D eigenvalue weighted by Gasteiger charge is 2.11. The molecule has 0 unspecified atom stereocenters. The summed E-state index contributed by atoms with van der Waals surface area (Å²) < 4.78 is 18.2. The molecule has 0 atom stereocenters. The Morgan fingerprint density at radius 3 is 2.78 bits per heavy atom. The fourth-order valence-corrected chi connectivity index (χ4v) is 3.46. The average Bonchev–Trinajstić information content (AvgIpc) is 3.23. The Labute approximate surface area is 140 Å². The van der Waals surface area contributed by atoms with Gasteiger partial charge < -0.3 is 10.1 Å². The maximum atomic E-state index is 12.8. The van der Waals surface area contributed by atoms with E-state index in [-0.39, 0.29) is 11.7 Å². The third-order valence-corrected chi connectivity index (χ3v) is 4.82. The smallest absolute Gasteiger partial charge is 0.270 e. The molecule has 0 aliphatic rings. The van der Waals surface area contributed by atoms with Gasteiger partial charge in [-0.2, -0.15) is 0 Å². The van der Waals surface area contributed by atoms with E-state index in [9.17, 15) is 9.18 Å². The summed E-state index contributed by atoms with van der Waals surface area (Å²) >= 11 is 3.04. The summed E-state index contributed by atoms with van der Waals surface area (Å²) in [7, 11) is 0. The number of carbonyl (C=O) groups excluding carboxylic acids is 1. The van der Waals surface area contributed by atoms with Crippen LogP contribution in [0.25, 0.3) is 9.88 Å². The Kier molecular flexibility index (Phi) is 4.99. The number of nitrogens with one attached hydrogen (secondary N) is 1. The van der Waals surface area contributed by atoms with E-state index in [2.05, 4.69) is 10.3 Å². The van der Waals surface area contributed by atoms with Crippen LogP contribution in [0.2, 0.25) is 0 Å². The monoisotopic (exact) mass is 348 g/mol. The Morgan fingerprint density at radius 2 is 2.04 bits per heavy atom. The lowest BCUT2D eigenvalue weighted by Crippen LogP contribution is -2.28. The van der Waals surface area contributed by atoms with Crippen LogP contribution in [-0.2, 0) is 0 Å². The average molecular weight is 348 g/mol. The van der Waals surface area contributed by atoms with Crippen LogP contribution in [0.5, 0.6) is 5.75 Å². The Bertz CT molecular complexity index is 770. The summed E-state index contributed by atoms with van der Waals surface area (Å²) in [4.78, 5) is 17.4. The van der Waals surface area contributed by atoms with Gasteiger partial charge in [0.1, 0.15) is 28.9 Å². The van der Waals surface area contributed by atoms with Crippen LogP contribution < -0.4 is 10.1 Å². The first-order chi connectivity index (χ1) is 11.2. The lowest BCUT2D eigenvalue weighted by Gasteiger charge is -2.06. The van der Waals surface area contributed by atoms with E-state index in [1.807, 2.05) is 17.5 Å². The number of aromatic nitrogens is 1. The zero-order valence-electron chi connectivity index (χ0n) is 12.0. The SMILES string of the molecule is O=C(NCCOc1ccc(F)cc1)c1csc(-c2cccs2)n1. The molecule has 1 N–H and O–H groups in total. The molecule has 0 bridgehead atoms. The quantitative estimate of drug-likeness (QED) is 0.689. The van der Waals surface area contributed by atoms with Crippen molar-refractivity contribution in [3.63, 3.8) is 0 Å². The minimum atomic E-state index is -0.310. The Morgan fingerprint density at radius 1 is 1.22 bits per heavy atom. The topological polar surface area (TPSA) is 51.2 Å². The molecular formula is C16H13FN2O2S2. The van der Waals surface area contributed by atoms with Crippen molar-refractivity contribution in [3.8, 4) is 15.6 Å². The number of thiazole rings is 1. The molecule has 0 aliphatic carbocycles. The third-order valence-electron chi connectivity index (χ3n) is 2.94. The van der Waals surface area contributed by atoms with Crippen LogP contribution in [0.3, 0.4) is 0 Å². The molecule has 2 heterocycles. The second-order valence-electron chi connectivity index (χ2n) is 4.57. The minimum absolute atomic E-state index is 0.230. The second-order valence-corrected chi connectivity index (χ2v) is 6.38. The van der Waals surface area contributed by atoms with Gasteiger partial charge in [0.25, 0.3) is 5.91 Å². The highest BCUT2D eigenvalue weighted by molar-refractivity contribution is 7.20. The first kappa shape index (κ1) is 15.6. The molecule has 3 aromatic rings. The molecule has 7 heteroatoms. The van der Waals surface area contributed by atoms with Crippen LogP contribution in [0.15, 0.2) is 47.2 Å². The number of benzene rings is 1. The number of rotatable bonds is 6. The van der Waals surface area contributed by atoms with Gasteiger partial charge in [0.2, 0.25) is 0 Å². The molecule has 0 fully saturated rings. The zero-order chi connectivity index (χ0) is 16.1. The van der Waals surface area contributed by atoms with E-state index in [1.165, 1.54) is 23.5 Å². The minimum Gasteiger partial charge on any atom is -0.492 e. The Hall–Kier alpha value is -2.25. The summed E-state index contributed by atoms with van der Waals surface area (Å²) in [5.41, 5.74) is 0.403. The molecule has 118 valence electrons. The molecule has 23 heavy (non-hydrogen) atoms. The van der Waals surface area contributed by atoms with Gasteiger partial charge in [-0.25, -0.2) is 9.37 Å². The van der Waals surface area contributed by atoms with Crippen molar-refractivity contribution >= 4 is 28.6 Å². The van der Waals surface area contributed by atoms with Gasteiger partial charge in [-0.05, 0) is 35.7 Å². The number of hydrogen-bond acceptors (Lipinski definition) is 5. The van der Waals surface area contributed by atoms with Crippen LogP contribution in [0.4, 0.5) is 4.39 Å². The first-order valence-corrected chi connectivity index (χ1v) is 8.64. The lowest BCUT2D eigenvalue weighted by atomic mass is 10.3. The van der Waals surface area contributed by atoms with Crippen LogP contribution in [0, 0.1) is 5.82 Å². The number of ether oxygens (including phenoxy) is 1. The largest absolute Gasteiger partial charge is 0.492 e. The number of hydrogen-bond donors (Lipinski definition) is 1. The van der Waals surface area contributed by atoms with Crippen LogP contribution in [-0.4, -0.2) is 24.0 Å². The van der Waals surface area contributed by atoms with Crippen molar-refractivity contribution in [3.05, 3.63) is 58.7 Å². The van der Waals surface area contributed by atoms with E-state index in [0.717, 1.165) is 9.88 Å². The lowest BCUT2D eigenvalue weighted by molar-refractivity contribution is 0.0943. The molecular weight excluding hydrogens is 335 g/mol. The van der Waals surface area contributed by atoms with Crippen molar-refractivity contribution < 1.29 is 13.9 Å². The predicted octanol–water partition coefficient (Wildman–Crippen LogP) is 3.82. The number of carbonyl (C=O) groups is 1. The normalized spacial score (nSPS) is 10.5. The van der Waals surface area contributed by atoms with Crippen molar-refractivity contribution in [2.24, 2.45) is 0 Å². The third kappa shape index (κ3) is 4.14. The van der Waals surface area contributed by atoms with Crippen molar-refractivity contribution in [1.82, 2.24) is 10.3 Å². The highest BCUT2D eigenvalue weighted by atomic mass is 32.1. The van der Waals surface area contributed by atoms with Crippen molar-refractivity contribution in [1.29, 1.82) is 0 Å². The molecule has 0 saturated heterocycles. The summed E-state index contributed by atoms with van der Waals surface area (Å²) in [5.74, 6) is 0.0248. The fourth-order valence-electron chi connectivity index (χ4n) is 1.85. The number of halogens is 1. The molecule has 0 aliphatic heterocycles.